The van der Waals surface area contributed by atoms with Crippen molar-refractivity contribution in [3.8, 4) is 0 Å². The van der Waals surface area contributed by atoms with Crippen LogP contribution in [0.5, 0.6) is 0 Å². The zero-order valence-electron chi connectivity index (χ0n) is 10.3. The molecule has 2 rings (SSSR count). The number of anilines is 1. The molecule has 0 radical (unpaired) electrons. The minimum absolute atomic E-state index is 0.689. The first-order chi connectivity index (χ1) is 7.70. The molecule has 1 heterocycles. The van der Waals surface area contributed by atoms with E-state index in [0.29, 0.717) is 5.92 Å². The van der Waals surface area contributed by atoms with Crippen LogP contribution in [0.15, 0.2) is 0 Å². The van der Waals surface area contributed by atoms with Crippen LogP contribution in [0.4, 0.5) is 5.82 Å². The number of hydrogen-bond acceptors (Lipinski definition) is 3. The van der Waals surface area contributed by atoms with E-state index in [1.165, 1.54) is 48.4 Å². The van der Waals surface area contributed by atoms with Gasteiger partial charge in [-0.15, -0.1) is 11.3 Å². The van der Waals surface area contributed by atoms with E-state index in [0.717, 1.165) is 11.7 Å². The van der Waals surface area contributed by atoms with Gasteiger partial charge in [0, 0.05) is 10.8 Å². The summed E-state index contributed by atoms with van der Waals surface area (Å²) in [6, 6.07) is 0. The van der Waals surface area contributed by atoms with Crippen molar-refractivity contribution in [3.63, 3.8) is 0 Å². The van der Waals surface area contributed by atoms with E-state index in [1.807, 2.05) is 0 Å². The molecule has 1 aliphatic rings. The first kappa shape index (κ1) is 11.9. The van der Waals surface area contributed by atoms with Crippen LogP contribution < -0.4 is 5.73 Å². The van der Waals surface area contributed by atoms with Crippen LogP contribution >= 0.6 is 11.3 Å². The highest BCUT2D eigenvalue weighted by Gasteiger charge is 2.24. The molecule has 0 bridgehead atoms. The van der Waals surface area contributed by atoms with Crippen molar-refractivity contribution in [2.24, 2.45) is 5.92 Å². The number of nitrogens with two attached hydrogens (primary N) is 1. The van der Waals surface area contributed by atoms with Crippen LogP contribution in [0.2, 0.25) is 0 Å². The summed E-state index contributed by atoms with van der Waals surface area (Å²) in [6.45, 7) is 4.36. The normalized spacial score (nSPS) is 25.9. The maximum absolute atomic E-state index is 5.82. The maximum atomic E-state index is 5.82. The predicted molar refractivity (Wildman–Crippen MR) is 70.9 cm³/mol. The van der Waals surface area contributed by atoms with E-state index >= 15 is 0 Å². The number of nitrogen functional groups attached to an aromatic ring is 1. The van der Waals surface area contributed by atoms with Crippen molar-refractivity contribution in [3.05, 3.63) is 9.88 Å². The highest BCUT2D eigenvalue weighted by molar-refractivity contribution is 7.12. The average molecular weight is 238 g/mol. The zero-order chi connectivity index (χ0) is 11.5. The number of aryl methyl sites for hydroxylation is 1. The fraction of sp³-hybridized carbons (Fsp3) is 0.769. The van der Waals surface area contributed by atoms with Gasteiger partial charge in [0.15, 0.2) is 0 Å². The van der Waals surface area contributed by atoms with Gasteiger partial charge >= 0.3 is 0 Å². The Bertz CT molecular complexity index is 318. The van der Waals surface area contributed by atoms with E-state index in [9.17, 15) is 0 Å². The highest BCUT2D eigenvalue weighted by atomic mass is 32.1. The fourth-order valence-electron chi connectivity index (χ4n) is 2.71. The predicted octanol–water partition coefficient (Wildman–Crippen LogP) is 4.11. The van der Waals surface area contributed by atoms with E-state index in [1.54, 1.807) is 11.3 Å². The van der Waals surface area contributed by atoms with Crippen LogP contribution in [0.1, 0.15) is 61.3 Å². The molecule has 0 aliphatic heterocycles. The molecule has 3 heteroatoms. The average Bonchev–Trinajstić information content (AvgIpc) is 2.61. The molecule has 1 aromatic heterocycles. The largest absolute Gasteiger partial charge is 0.383 e. The second-order valence-electron chi connectivity index (χ2n) is 5.00. The van der Waals surface area contributed by atoms with Crippen LogP contribution in [-0.2, 0) is 0 Å². The van der Waals surface area contributed by atoms with Gasteiger partial charge < -0.3 is 5.73 Å². The number of thiazole rings is 1. The third kappa shape index (κ3) is 2.57. The van der Waals surface area contributed by atoms with Gasteiger partial charge in [0.25, 0.3) is 0 Å². The Kier molecular flexibility index (Phi) is 3.85. The van der Waals surface area contributed by atoms with Crippen molar-refractivity contribution >= 4 is 17.2 Å². The number of aromatic nitrogens is 1. The van der Waals surface area contributed by atoms with Crippen molar-refractivity contribution in [1.82, 2.24) is 4.98 Å². The summed E-state index contributed by atoms with van der Waals surface area (Å²) in [5.74, 6) is 2.41. The molecule has 0 atom stereocenters. The first-order valence-corrected chi connectivity index (χ1v) is 7.25. The zero-order valence-corrected chi connectivity index (χ0v) is 11.1. The van der Waals surface area contributed by atoms with Gasteiger partial charge in [0.05, 0.1) is 5.01 Å². The smallest absolute Gasteiger partial charge is 0.137 e. The number of rotatable bonds is 3. The van der Waals surface area contributed by atoms with Gasteiger partial charge in [0.2, 0.25) is 0 Å². The monoisotopic (exact) mass is 238 g/mol. The summed E-state index contributed by atoms with van der Waals surface area (Å²) in [5.41, 5.74) is 5.82. The summed E-state index contributed by atoms with van der Waals surface area (Å²) in [5, 5.41) is 1.28. The molecule has 1 fully saturated rings. The van der Waals surface area contributed by atoms with Gasteiger partial charge in [-0.3, -0.25) is 0 Å². The Labute approximate surface area is 102 Å². The number of hydrogen-bond donors (Lipinski definition) is 1. The second kappa shape index (κ2) is 5.17. The first-order valence-electron chi connectivity index (χ1n) is 6.43. The van der Waals surface area contributed by atoms with Gasteiger partial charge in [-0.2, -0.15) is 0 Å². The standard InChI is InChI=1S/C13H22N2S/c1-3-4-10-5-7-11(8-6-10)13-15-12(14)9(2)16-13/h10-11H,3-8,14H2,1-2H3. The maximum Gasteiger partial charge on any atom is 0.137 e. The lowest BCUT2D eigenvalue weighted by atomic mass is 9.80. The lowest BCUT2D eigenvalue weighted by Crippen LogP contribution is -2.13. The van der Waals surface area contributed by atoms with Crippen LogP contribution in [-0.4, -0.2) is 4.98 Å². The molecule has 16 heavy (non-hydrogen) atoms. The molecule has 1 saturated carbocycles. The lowest BCUT2D eigenvalue weighted by molar-refractivity contribution is 0.308. The topological polar surface area (TPSA) is 38.9 Å². The summed E-state index contributed by atoms with van der Waals surface area (Å²) in [4.78, 5) is 5.69. The van der Waals surface area contributed by atoms with Crippen molar-refractivity contribution in [2.45, 2.75) is 58.3 Å². The van der Waals surface area contributed by atoms with Crippen LogP contribution in [0, 0.1) is 12.8 Å². The molecule has 1 aliphatic carbocycles. The Hall–Kier alpha value is -0.570. The number of nitrogens with zero attached hydrogens (tertiary/aromatic N) is 1. The van der Waals surface area contributed by atoms with Gasteiger partial charge in [-0.25, -0.2) is 4.98 Å². The van der Waals surface area contributed by atoms with E-state index in [4.69, 9.17) is 5.73 Å². The van der Waals surface area contributed by atoms with Crippen LogP contribution in [0.25, 0.3) is 0 Å². The van der Waals surface area contributed by atoms with E-state index in [2.05, 4.69) is 18.8 Å². The van der Waals surface area contributed by atoms with E-state index < -0.39 is 0 Å². The second-order valence-corrected chi connectivity index (χ2v) is 6.23. The Morgan fingerprint density at radius 2 is 2.00 bits per heavy atom. The Morgan fingerprint density at radius 1 is 1.31 bits per heavy atom. The fourth-order valence-corrected chi connectivity index (χ4v) is 3.72. The Balaban J connectivity index is 1.93. The molecule has 0 aromatic carbocycles. The SMILES string of the molecule is CCCC1CCC(c2nc(N)c(C)s2)CC1. The third-order valence-electron chi connectivity index (χ3n) is 3.74. The molecule has 0 saturated heterocycles. The molecule has 1 aromatic rings. The van der Waals surface area contributed by atoms with E-state index in [-0.39, 0.29) is 0 Å². The third-order valence-corrected chi connectivity index (χ3v) is 4.89. The van der Waals surface area contributed by atoms with Crippen molar-refractivity contribution in [1.29, 1.82) is 0 Å². The van der Waals surface area contributed by atoms with Gasteiger partial charge in [-0.1, -0.05) is 19.8 Å². The quantitative estimate of drug-likeness (QED) is 0.860. The molecular formula is C13H22N2S. The van der Waals surface area contributed by atoms with Crippen molar-refractivity contribution in [2.75, 3.05) is 5.73 Å². The molecule has 90 valence electrons. The minimum Gasteiger partial charge on any atom is -0.383 e. The van der Waals surface area contributed by atoms with Crippen molar-refractivity contribution < 1.29 is 0 Å². The summed E-state index contributed by atoms with van der Waals surface area (Å²) in [6.07, 6.45) is 8.15. The van der Waals surface area contributed by atoms with Gasteiger partial charge in [-0.05, 0) is 38.5 Å². The Morgan fingerprint density at radius 3 is 2.50 bits per heavy atom. The summed E-state index contributed by atoms with van der Waals surface area (Å²) in [7, 11) is 0. The van der Waals surface area contributed by atoms with Crippen LogP contribution in [0.3, 0.4) is 0 Å². The lowest BCUT2D eigenvalue weighted by Gasteiger charge is -2.26. The van der Waals surface area contributed by atoms with Gasteiger partial charge in [0.1, 0.15) is 5.82 Å². The molecular weight excluding hydrogens is 216 g/mol. The highest BCUT2D eigenvalue weighted by Crippen LogP contribution is 2.39. The molecule has 0 spiro atoms. The molecule has 0 amide bonds. The minimum atomic E-state index is 0.689. The molecule has 2 N–H and O–H groups in total. The molecule has 2 nitrogen and oxygen atoms in total. The summed E-state index contributed by atoms with van der Waals surface area (Å²) < 4.78 is 0. The molecule has 0 unspecified atom stereocenters. The summed E-state index contributed by atoms with van der Waals surface area (Å²) >= 11 is 1.80.